The predicted molar refractivity (Wildman–Crippen MR) is 104 cm³/mol. The van der Waals surface area contributed by atoms with Crippen molar-refractivity contribution in [1.29, 1.82) is 0 Å². The molecule has 0 spiro atoms. The van der Waals surface area contributed by atoms with Crippen molar-refractivity contribution in [3.05, 3.63) is 72.9 Å². The molecule has 0 amide bonds. The number of aromatic nitrogens is 2. The number of fused-ring (bicyclic) bond motifs is 1. The fraction of sp³-hybridized carbons (Fsp3) is 0.136. The first kappa shape index (κ1) is 16.4. The second kappa shape index (κ2) is 7.02. The van der Waals surface area contributed by atoms with Crippen LogP contribution in [0, 0.1) is 0 Å². The summed E-state index contributed by atoms with van der Waals surface area (Å²) in [6.07, 6.45) is 1.89. The molecule has 0 fully saturated rings. The van der Waals surface area contributed by atoms with Crippen molar-refractivity contribution in [3.63, 3.8) is 0 Å². The molecule has 130 valence electrons. The largest absolute Gasteiger partial charge is 0.496 e. The van der Waals surface area contributed by atoms with Crippen LogP contribution < -0.4 is 4.74 Å². The van der Waals surface area contributed by atoms with Crippen LogP contribution in [0.4, 0.5) is 0 Å². The lowest BCUT2D eigenvalue weighted by molar-refractivity contribution is 0.269. The summed E-state index contributed by atoms with van der Waals surface area (Å²) in [5.74, 6) is 0.853. The normalized spacial score (nSPS) is 11.0. The summed E-state index contributed by atoms with van der Waals surface area (Å²) in [7, 11) is 1.70. The van der Waals surface area contributed by atoms with Crippen LogP contribution in [0.3, 0.4) is 0 Å². The van der Waals surface area contributed by atoms with E-state index in [9.17, 15) is 0 Å². The van der Waals surface area contributed by atoms with Crippen molar-refractivity contribution in [1.82, 2.24) is 9.78 Å². The molecule has 0 saturated carbocycles. The lowest BCUT2D eigenvalue weighted by Crippen LogP contribution is -2.02. The molecular weight excluding hydrogens is 324 g/mol. The molecular formula is C22H20N2O2. The Labute approximate surface area is 152 Å². The minimum atomic E-state index is 0.0777. The number of hydrogen-bond donors (Lipinski definition) is 1. The van der Waals surface area contributed by atoms with Crippen LogP contribution in [0.5, 0.6) is 5.75 Å². The Bertz CT molecular complexity index is 1050. The number of rotatable bonds is 5. The van der Waals surface area contributed by atoms with Crippen LogP contribution in [0.1, 0.15) is 0 Å². The fourth-order valence-corrected chi connectivity index (χ4v) is 3.30. The van der Waals surface area contributed by atoms with Gasteiger partial charge in [-0.25, -0.2) is 0 Å². The summed E-state index contributed by atoms with van der Waals surface area (Å²) >= 11 is 0. The Balaban J connectivity index is 1.85. The number of aliphatic hydroxyl groups is 1. The molecule has 0 aliphatic rings. The molecule has 4 heteroatoms. The molecule has 1 aromatic heterocycles. The lowest BCUT2D eigenvalue weighted by atomic mass is 9.95. The smallest absolute Gasteiger partial charge is 0.127 e. The van der Waals surface area contributed by atoms with E-state index >= 15 is 0 Å². The zero-order valence-electron chi connectivity index (χ0n) is 14.6. The molecule has 0 atom stereocenters. The third-order valence-electron chi connectivity index (χ3n) is 4.53. The molecule has 0 aliphatic carbocycles. The highest BCUT2D eigenvalue weighted by molar-refractivity contribution is 6.00. The second-order valence-electron chi connectivity index (χ2n) is 6.13. The number of ether oxygens (including phenoxy) is 1. The molecule has 0 bridgehead atoms. The Morgan fingerprint density at radius 2 is 1.81 bits per heavy atom. The van der Waals surface area contributed by atoms with E-state index in [2.05, 4.69) is 35.4 Å². The van der Waals surface area contributed by atoms with Gasteiger partial charge in [-0.3, -0.25) is 4.68 Å². The minimum absolute atomic E-state index is 0.0777. The van der Waals surface area contributed by atoms with Crippen molar-refractivity contribution in [3.8, 4) is 28.1 Å². The van der Waals surface area contributed by atoms with E-state index in [-0.39, 0.29) is 6.61 Å². The van der Waals surface area contributed by atoms with Gasteiger partial charge in [0, 0.05) is 17.3 Å². The highest BCUT2D eigenvalue weighted by Crippen LogP contribution is 2.38. The van der Waals surface area contributed by atoms with Gasteiger partial charge in [-0.05, 0) is 34.5 Å². The first-order chi connectivity index (χ1) is 12.8. The van der Waals surface area contributed by atoms with Crippen LogP contribution in [0.2, 0.25) is 0 Å². The molecule has 1 heterocycles. The average Bonchev–Trinajstić information content (AvgIpc) is 3.16. The molecule has 0 unspecified atom stereocenters. The zero-order valence-corrected chi connectivity index (χ0v) is 14.6. The summed E-state index contributed by atoms with van der Waals surface area (Å²) in [6, 6.07) is 22.7. The quantitative estimate of drug-likeness (QED) is 0.585. The highest BCUT2D eigenvalue weighted by atomic mass is 16.5. The summed E-state index contributed by atoms with van der Waals surface area (Å²) < 4.78 is 7.39. The van der Waals surface area contributed by atoms with Crippen LogP contribution in [-0.4, -0.2) is 28.6 Å². The van der Waals surface area contributed by atoms with E-state index in [4.69, 9.17) is 9.84 Å². The second-order valence-corrected chi connectivity index (χ2v) is 6.13. The van der Waals surface area contributed by atoms with Gasteiger partial charge in [-0.2, -0.15) is 5.10 Å². The summed E-state index contributed by atoms with van der Waals surface area (Å²) in [5.41, 5.74) is 4.10. The molecule has 1 N–H and O–H groups in total. The molecule has 0 saturated heterocycles. The van der Waals surface area contributed by atoms with E-state index in [1.54, 1.807) is 11.8 Å². The van der Waals surface area contributed by atoms with Gasteiger partial charge in [0.15, 0.2) is 0 Å². The van der Waals surface area contributed by atoms with Gasteiger partial charge >= 0.3 is 0 Å². The topological polar surface area (TPSA) is 47.3 Å². The van der Waals surface area contributed by atoms with Crippen LogP contribution in [-0.2, 0) is 6.54 Å². The summed E-state index contributed by atoms with van der Waals surface area (Å²) in [6.45, 7) is 0.575. The average molecular weight is 344 g/mol. The van der Waals surface area contributed by atoms with Gasteiger partial charge in [0.25, 0.3) is 0 Å². The van der Waals surface area contributed by atoms with E-state index in [0.29, 0.717) is 6.54 Å². The van der Waals surface area contributed by atoms with E-state index in [1.165, 1.54) is 5.39 Å². The standard InChI is InChI=1S/C22H20N2O2/c1-26-21-10-9-16-5-2-3-8-19(16)22(21)18-7-4-6-17(15-18)20-11-12-24(23-20)13-14-25/h2-12,15,25H,13-14H2,1H3. The van der Waals surface area contributed by atoms with Gasteiger partial charge in [0.2, 0.25) is 0 Å². The Kier molecular flexibility index (Phi) is 4.42. The predicted octanol–water partition coefficient (Wildman–Crippen LogP) is 4.37. The number of methoxy groups -OCH3 is 1. The van der Waals surface area contributed by atoms with Crippen molar-refractivity contribution in [2.24, 2.45) is 0 Å². The first-order valence-corrected chi connectivity index (χ1v) is 8.61. The van der Waals surface area contributed by atoms with Crippen LogP contribution in [0.15, 0.2) is 72.9 Å². The minimum Gasteiger partial charge on any atom is -0.496 e. The van der Waals surface area contributed by atoms with E-state index < -0.39 is 0 Å². The summed E-state index contributed by atoms with van der Waals surface area (Å²) in [5, 5.41) is 16.0. The Morgan fingerprint density at radius 3 is 2.65 bits per heavy atom. The Hall–Kier alpha value is -3.11. The molecule has 4 nitrogen and oxygen atoms in total. The summed E-state index contributed by atoms with van der Waals surface area (Å²) in [4.78, 5) is 0. The maximum absolute atomic E-state index is 9.08. The van der Waals surface area contributed by atoms with Crippen LogP contribution in [0.25, 0.3) is 33.2 Å². The third-order valence-corrected chi connectivity index (χ3v) is 4.53. The van der Waals surface area contributed by atoms with Crippen LogP contribution >= 0.6 is 0 Å². The fourth-order valence-electron chi connectivity index (χ4n) is 3.30. The highest BCUT2D eigenvalue weighted by Gasteiger charge is 2.12. The van der Waals surface area contributed by atoms with Gasteiger partial charge in [-0.15, -0.1) is 0 Å². The lowest BCUT2D eigenvalue weighted by Gasteiger charge is -2.13. The first-order valence-electron chi connectivity index (χ1n) is 8.61. The number of aliphatic hydroxyl groups excluding tert-OH is 1. The maximum atomic E-state index is 9.08. The zero-order chi connectivity index (χ0) is 17.9. The van der Waals surface area contributed by atoms with Crippen molar-refractivity contribution >= 4 is 10.8 Å². The SMILES string of the molecule is COc1ccc2ccccc2c1-c1cccc(-c2ccn(CCO)n2)c1. The Morgan fingerprint density at radius 1 is 0.962 bits per heavy atom. The van der Waals surface area contributed by atoms with Crippen molar-refractivity contribution in [2.75, 3.05) is 13.7 Å². The third kappa shape index (κ3) is 2.95. The molecule has 4 aromatic rings. The van der Waals surface area contributed by atoms with Gasteiger partial charge in [-0.1, -0.05) is 48.5 Å². The number of nitrogens with zero attached hydrogens (tertiary/aromatic N) is 2. The maximum Gasteiger partial charge on any atom is 0.127 e. The van der Waals surface area contributed by atoms with Gasteiger partial charge in [0.1, 0.15) is 5.75 Å². The molecule has 0 aliphatic heterocycles. The van der Waals surface area contributed by atoms with E-state index in [1.807, 2.05) is 42.6 Å². The molecule has 3 aromatic carbocycles. The molecule has 0 radical (unpaired) electrons. The van der Waals surface area contributed by atoms with Gasteiger partial charge < -0.3 is 9.84 Å². The van der Waals surface area contributed by atoms with E-state index in [0.717, 1.165) is 33.5 Å². The van der Waals surface area contributed by atoms with Gasteiger partial charge in [0.05, 0.1) is 26.0 Å². The van der Waals surface area contributed by atoms with Crippen molar-refractivity contribution in [2.45, 2.75) is 6.54 Å². The molecule has 4 rings (SSSR count). The number of benzene rings is 3. The molecule has 26 heavy (non-hydrogen) atoms. The number of hydrogen-bond acceptors (Lipinski definition) is 3. The monoisotopic (exact) mass is 344 g/mol. The van der Waals surface area contributed by atoms with Crippen molar-refractivity contribution < 1.29 is 9.84 Å².